The molecular weight excluding hydrogens is 447 g/mol. The number of hydrogen-bond donors (Lipinski definition) is 1. The van der Waals surface area contributed by atoms with Gasteiger partial charge in [0.05, 0.1) is 25.5 Å². The van der Waals surface area contributed by atoms with E-state index in [1.807, 2.05) is 18.2 Å². The maximum Gasteiger partial charge on any atom is 0.322 e. The number of nitrogens with zero attached hydrogens (tertiary/aromatic N) is 4. The molecule has 2 heterocycles. The van der Waals surface area contributed by atoms with Crippen molar-refractivity contribution >= 4 is 23.1 Å². The van der Waals surface area contributed by atoms with Gasteiger partial charge in [-0.05, 0) is 18.2 Å². The Morgan fingerprint density at radius 3 is 2.56 bits per heavy atom. The van der Waals surface area contributed by atoms with Crippen LogP contribution in [0.15, 0.2) is 58.7 Å². The van der Waals surface area contributed by atoms with Crippen LogP contribution in [0.1, 0.15) is 17.5 Å². The topological polar surface area (TPSA) is 69.5 Å². The van der Waals surface area contributed by atoms with Gasteiger partial charge in [0, 0.05) is 49.4 Å². The maximum absolute atomic E-state index is 15.0. The van der Waals surface area contributed by atoms with Gasteiger partial charge >= 0.3 is 6.03 Å². The van der Waals surface area contributed by atoms with Crippen LogP contribution in [0.3, 0.4) is 0 Å². The number of nitrogens with one attached hydrogen (secondary N) is 1. The van der Waals surface area contributed by atoms with Crippen molar-refractivity contribution < 1.29 is 22.7 Å². The van der Waals surface area contributed by atoms with E-state index >= 15 is 0 Å². The fourth-order valence-electron chi connectivity index (χ4n) is 3.80. The number of benzene rings is 2. The van der Waals surface area contributed by atoms with E-state index in [0.717, 1.165) is 13.1 Å². The van der Waals surface area contributed by atoms with Gasteiger partial charge in [-0.15, -0.1) is 0 Å². The normalized spacial score (nSPS) is 16.4. The lowest BCUT2D eigenvalue weighted by atomic mass is 10.0. The molecule has 2 aliphatic rings. The largest absolute Gasteiger partial charge is 0.379 e. The summed E-state index contributed by atoms with van der Waals surface area (Å²) in [6.45, 7) is 4.17. The van der Waals surface area contributed by atoms with Crippen LogP contribution in [-0.2, 0) is 11.3 Å². The minimum Gasteiger partial charge on any atom is -0.379 e. The first-order valence-corrected chi connectivity index (χ1v) is 11.1. The Balaban J connectivity index is 1.43. The third-order valence-electron chi connectivity index (χ3n) is 5.74. The van der Waals surface area contributed by atoms with Crippen molar-refractivity contribution in [2.24, 2.45) is 10.2 Å². The number of anilines is 1. The van der Waals surface area contributed by atoms with Crippen LogP contribution in [-0.4, -0.2) is 68.2 Å². The fourth-order valence-corrected chi connectivity index (χ4v) is 3.80. The molecule has 0 atom stereocenters. The smallest absolute Gasteiger partial charge is 0.322 e. The molecule has 1 fully saturated rings. The van der Waals surface area contributed by atoms with E-state index in [1.165, 1.54) is 11.0 Å². The van der Waals surface area contributed by atoms with Crippen molar-refractivity contribution in [3.8, 4) is 0 Å². The van der Waals surface area contributed by atoms with Crippen LogP contribution in [0.25, 0.3) is 0 Å². The minimum atomic E-state index is -2.69. The van der Waals surface area contributed by atoms with Gasteiger partial charge in [0.2, 0.25) is 0 Å². The second-order valence-corrected chi connectivity index (χ2v) is 8.03. The second kappa shape index (κ2) is 11.3. The highest BCUT2D eigenvalue weighted by Gasteiger charge is 2.23. The molecule has 0 saturated carbocycles. The van der Waals surface area contributed by atoms with Gasteiger partial charge in [-0.3, -0.25) is 9.80 Å². The summed E-state index contributed by atoms with van der Waals surface area (Å²) in [7, 11) is 0. The first-order chi connectivity index (χ1) is 16.5. The number of urea groups is 1. The molecule has 0 bridgehead atoms. The number of hydrogen-bond acceptors (Lipinski definition) is 5. The predicted molar refractivity (Wildman–Crippen MR) is 124 cm³/mol. The SMILES string of the molecule is O=C(NCCN1CCOCC1)N(Cc1ccc(C2=NN=C(C(F)F)C2)cc1F)c1ccccc1. The number of para-hydroxylation sites is 1. The second-order valence-electron chi connectivity index (χ2n) is 8.03. The molecule has 7 nitrogen and oxygen atoms in total. The Bertz CT molecular complexity index is 1060. The molecule has 0 radical (unpaired) electrons. The highest BCUT2D eigenvalue weighted by atomic mass is 19.3. The lowest BCUT2D eigenvalue weighted by Gasteiger charge is -2.28. The summed E-state index contributed by atoms with van der Waals surface area (Å²) in [5.74, 6) is -0.548. The molecule has 2 amide bonds. The summed E-state index contributed by atoms with van der Waals surface area (Å²) in [6, 6.07) is 13.1. The predicted octanol–water partition coefficient (Wildman–Crippen LogP) is 3.69. The fraction of sp³-hybridized carbons (Fsp3) is 0.375. The average Bonchev–Trinajstić information content (AvgIpc) is 3.35. The molecule has 1 N–H and O–H groups in total. The molecule has 2 aromatic rings. The molecular formula is C24H26F3N5O2. The number of halogens is 3. The number of carbonyl (C=O) groups is 1. The molecule has 0 aliphatic carbocycles. The minimum absolute atomic E-state index is 0.00474. The standard InChI is InChI=1S/C24H26F3N5O2/c25-20-14-17(21-15-22(23(26)27)30-29-21)6-7-18(20)16-32(19-4-2-1-3-5-19)24(33)28-8-9-31-10-12-34-13-11-31/h1-7,14,23H,8-13,15-16H2,(H,28,33). The summed E-state index contributed by atoms with van der Waals surface area (Å²) in [5, 5.41) is 10.2. The Kier molecular flexibility index (Phi) is 7.91. The van der Waals surface area contributed by atoms with Gasteiger partial charge in [-0.25, -0.2) is 18.0 Å². The Morgan fingerprint density at radius 2 is 1.88 bits per heavy atom. The van der Waals surface area contributed by atoms with Crippen LogP contribution in [0.5, 0.6) is 0 Å². The van der Waals surface area contributed by atoms with E-state index < -0.39 is 12.2 Å². The molecule has 2 aliphatic heterocycles. The van der Waals surface area contributed by atoms with Gasteiger partial charge < -0.3 is 10.1 Å². The summed E-state index contributed by atoms with van der Waals surface area (Å²) < 4.78 is 45.9. The lowest BCUT2D eigenvalue weighted by Crippen LogP contribution is -2.45. The van der Waals surface area contributed by atoms with Crippen LogP contribution in [0, 0.1) is 5.82 Å². The lowest BCUT2D eigenvalue weighted by molar-refractivity contribution is 0.0387. The van der Waals surface area contributed by atoms with E-state index in [4.69, 9.17) is 4.74 Å². The maximum atomic E-state index is 15.0. The quantitative estimate of drug-likeness (QED) is 0.636. The van der Waals surface area contributed by atoms with Crippen molar-refractivity contribution in [3.63, 3.8) is 0 Å². The zero-order valence-electron chi connectivity index (χ0n) is 18.6. The molecule has 4 rings (SSSR count). The number of morpholine rings is 1. The van der Waals surface area contributed by atoms with Crippen molar-refractivity contribution in [3.05, 3.63) is 65.5 Å². The monoisotopic (exact) mass is 473 g/mol. The van der Waals surface area contributed by atoms with E-state index in [-0.39, 0.29) is 24.7 Å². The van der Waals surface area contributed by atoms with Gasteiger partial charge in [0.25, 0.3) is 6.43 Å². The average molecular weight is 473 g/mol. The Morgan fingerprint density at radius 1 is 1.12 bits per heavy atom. The van der Waals surface area contributed by atoms with Gasteiger partial charge in [0.15, 0.2) is 0 Å². The van der Waals surface area contributed by atoms with Crippen LogP contribution >= 0.6 is 0 Å². The third-order valence-corrected chi connectivity index (χ3v) is 5.74. The van der Waals surface area contributed by atoms with E-state index in [1.54, 1.807) is 24.3 Å². The molecule has 0 spiro atoms. The first kappa shape index (κ1) is 23.9. The third kappa shape index (κ3) is 6.00. The van der Waals surface area contributed by atoms with Crippen molar-refractivity contribution in [1.29, 1.82) is 0 Å². The molecule has 1 saturated heterocycles. The van der Waals surface area contributed by atoms with Gasteiger partial charge in [0.1, 0.15) is 11.5 Å². The molecule has 180 valence electrons. The number of ether oxygens (including phenoxy) is 1. The molecule has 0 unspecified atom stereocenters. The van der Waals surface area contributed by atoms with E-state index in [9.17, 15) is 18.0 Å². The highest BCUT2D eigenvalue weighted by Crippen LogP contribution is 2.22. The van der Waals surface area contributed by atoms with Gasteiger partial charge in [-0.2, -0.15) is 10.2 Å². The summed E-state index contributed by atoms with van der Waals surface area (Å²) >= 11 is 0. The Hall–Kier alpha value is -3.24. The molecule has 10 heteroatoms. The number of amides is 2. The zero-order valence-corrected chi connectivity index (χ0v) is 18.6. The first-order valence-electron chi connectivity index (χ1n) is 11.1. The number of rotatable bonds is 8. The summed E-state index contributed by atoms with van der Waals surface area (Å²) in [4.78, 5) is 16.7. The Labute approximate surface area is 195 Å². The van der Waals surface area contributed by atoms with E-state index in [0.29, 0.717) is 48.8 Å². The van der Waals surface area contributed by atoms with Crippen LogP contribution in [0.4, 0.5) is 23.7 Å². The molecule has 34 heavy (non-hydrogen) atoms. The highest BCUT2D eigenvalue weighted by molar-refractivity contribution is 6.15. The van der Waals surface area contributed by atoms with Crippen molar-refractivity contribution in [1.82, 2.24) is 10.2 Å². The molecule has 0 aromatic heterocycles. The van der Waals surface area contributed by atoms with Crippen molar-refractivity contribution in [2.45, 2.75) is 19.4 Å². The van der Waals surface area contributed by atoms with Gasteiger partial charge in [-0.1, -0.05) is 30.3 Å². The van der Waals surface area contributed by atoms with Crippen LogP contribution < -0.4 is 10.2 Å². The van der Waals surface area contributed by atoms with Crippen molar-refractivity contribution in [2.75, 3.05) is 44.3 Å². The van der Waals surface area contributed by atoms with E-state index in [2.05, 4.69) is 20.4 Å². The number of alkyl halides is 2. The summed E-state index contributed by atoms with van der Waals surface area (Å²) in [5.41, 5.74) is 1.28. The summed E-state index contributed by atoms with van der Waals surface area (Å²) in [6.07, 6.45) is -2.80. The zero-order chi connectivity index (χ0) is 23.9. The van der Waals surface area contributed by atoms with Crippen LogP contribution in [0.2, 0.25) is 0 Å². The molecule has 2 aromatic carbocycles. The number of carbonyl (C=O) groups excluding carboxylic acids is 1.